The van der Waals surface area contributed by atoms with E-state index in [2.05, 4.69) is 5.32 Å². The molecule has 2 rings (SSSR count). The Morgan fingerprint density at radius 3 is 2.68 bits per heavy atom. The van der Waals surface area contributed by atoms with Crippen molar-refractivity contribution in [2.45, 2.75) is 26.4 Å². The second-order valence-electron chi connectivity index (χ2n) is 5.25. The zero-order chi connectivity index (χ0) is 15.9. The van der Waals surface area contributed by atoms with Gasteiger partial charge in [0.15, 0.2) is 0 Å². The van der Waals surface area contributed by atoms with Crippen molar-refractivity contribution in [2.24, 2.45) is 0 Å². The van der Waals surface area contributed by atoms with Crippen LogP contribution in [0.25, 0.3) is 0 Å². The Morgan fingerprint density at radius 1 is 1.23 bits per heavy atom. The van der Waals surface area contributed by atoms with Gasteiger partial charge >= 0.3 is 0 Å². The maximum atomic E-state index is 12.1. The lowest BCUT2D eigenvalue weighted by Crippen LogP contribution is -2.35. The average molecular weight is 298 g/mol. The molecule has 1 unspecified atom stereocenters. The van der Waals surface area contributed by atoms with Crippen LogP contribution in [0.1, 0.15) is 29.3 Å². The first-order valence-electron chi connectivity index (χ1n) is 7.46. The topological polar surface area (TPSA) is 64.4 Å². The Bertz CT molecular complexity index is 640. The van der Waals surface area contributed by atoms with E-state index in [1.54, 1.807) is 24.3 Å². The summed E-state index contributed by atoms with van der Waals surface area (Å²) in [5, 5.41) is 2.90. The van der Waals surface area contributed by atoms with Gasteiger partial charge in [-0.1, -0.05) is 31.2 Å². The van der Waals surface area contributed by atoms with Crippen molar-refractivity contribution in [1.82, 2.24) is 5.32 Å². The molecule has 116 valence electrons. The van der Waals surface area contributed by atoms with Gasteiger partial charge in [0.05, 0.1) is 6.54 Å². The largest absolute Gasteiger partial charge is 0.488 e. The number of rotatable bonds is 6. The molecule has 0 saturated carbocycles. The Labute approximate surface area is 131 Å². The van der Waals surface area contributed by atoms with Crippen LogP contribution in [0.2, 0.25) is 0 Å². The molecule has 0 saturated heterocycles. The van der Waals surface area contributed by atoms with Crippen LogP contribution in [0.4, 0.5) is 5.69 Å². The highest BCUT2D eigenvalue weighted by atomic mass is 16.5. The van der Waals surface area contributed by atoms with Crippen molar-refractivity contribution in [3.8, 4) is 5.75 Å². The number of anilines is 1. The Kier molecular flexibility index (Phi) is 5.42. The van der Waals surface area contributed by atoms with E-state index < -0.39 is 0 Å². The molecule has 0 radical (unpaired) electrons. The quantitative estimate of drug-likeness (QED) is 0.805. The average Bonchev–Trinajstić information content (AvgIpc) is 2.52. The minimum absolute atomic E-state index is 0.0638. The summed E-state index contributed by atoms with van der Waals surface area (Å²) in [6.45, 7) is 4.50. The fraction of sp³-hybridized carbons (Fsp3) is 0.278. The van der Waals surface area contributed by atoms with Crippen LogP contribution in [0, 0.1) is 6.92 Å². The van der Waals surface area contributed by atoms with E-state index >= 15 is 0 Å². The van der Waals surface area contributed by atoms with Crippen molar-refractivity contribution in [3.63, 3.8) is 0 Å². The zero-order valence-electron chi connectivity index (χ0n) is 13.0. The number of amides is 1. The van der Waals surface area contributed by atoms with Gasteiger partial charge < -0.3 is 15.8 Å². The minimum atomic E-state index is -0.140. The van der Waals surface area contributed by atoms with Gasteiger partial charge in [-0.25, -0.2) is 0 Å². The maximum Gasteiger partial charge on any atom is 0.251 e. The predicted molar refractivity (Wildman–Crippen MR) is 89.1 cm³/mol. The van der Waals surface area contributed by atoms with E-state index in [0.29, 0.717) is 17.8 Å². The fourth-order valence-corrected chi connectivity index (χ4v) is 2.13. The summed E-state index contributed by atoms with van der Waals surface area (Å²) in [6, 6.07) is 14.8. The van der Waals surface area contributed by atoms with E-state index in [4.69, 9.17) is 10.5 Å². The van der Waals surface area contributed by atoms with Gasteiger partial charge in [0.25, 0.3) is 5.91 Å². The number of hydrogen-bond donors (Lipinski definition) is 2. The molecule has 0 spiro atoms. The van der Waals surface area contributed by atoms with Gasteiger partial charge in [-0.3, -0.25) is 4.79 Å². The molecule has 1 amide bonds. The van der Waals surface area contributed by atoms with Crippen molar-refractivity contribution in [1.29, 1.82) is 0 Å². The summed E-state index contributed by atoms with van der Waals surface area (Å²) in [4.78, 5) is 12.1. The number of aryl methyl sites for hydroxylation is 1. The van der Waals surface area contributed by atoms with Crippen LogP contribution >= 0.6 is 0 Å². The number of ether oxygens (including phenoxy) is 1. The van der Waals surface area contributed by atoms with Crippen LogP contribution < -0.4 is 15.8 Å². The maximum absolute atomic E-state index is 12.1. The molecule has 0 bridgehead atoms. The van der Waals surface area contributed by atoms with Gasteiger partial charge in [0.1, 0.15) is 11.9 Å². The molecule has 0 aliphatic rings. The third-order valence-corrected chi connectivity index (χ3v) is 3.48. The highest BCUT2D eigenvalue weighted by Gasteiger charge is 2.12. The Balaban J connectivity index is 1.94. The van der Waals surface area contributed by atoms with Crippen molar-refractivity contribution >= 4 is 11.6 Å². The molecule has 22 heavy (non-hydrogen) atoms. The summed E-state index contributed by atoms with van der Waals surface area (Å²) in [5.74, 6) is 0.715. The number of carbonyl (C=O) groups is 1. The summed E-state index contributed by atoms with van der Waals surface area (Å²) in [7, 11) is 0. The second-order valence-corrected chi connectivity index (χ2v) is 5.25. The summed E-state index contributed by atoms with van der Waals surface area (Å²) >= 11 is 0. The Hall–Kier alpha value is -2.49. The number of nitrogen functional groups attached to an aromatic ring is 1. The molecule has 4 nitrogen and oxygen atoms in total. The minimum Gasteiger partial charge on any atom is -0.488 e. The summed E-state index contributed by atoms with van der Waals surface area (Å²) < 4.78 is 5.97. The fourth-order valence-electron chi connectivity index (χ4n) is 2.13. The predicted octanol–water partition coefficient (Wildman–Crippen LogP) is 3.16. The standard InChI is InChI=1S/C18H22N2O2/c1-3-16(22-17-10-5-4-7-13(17)2)12-20-18(21)14-8-6-9-15(19)11-14/h4-11,16H,3,12,19H2,1-2H3,(H,20,21). The third-order valence-electron chi connectivity index (χ3n) is 3.48. The van der Waals surface area contributed by atoms with Gasteiger partial charge in [-0.15, -0.1) is 0 Å². The molecule has 4 heteroatoms. The van der Waals surface area contributed by atoms with Gasteiger partial charge in [0, 0.05) is 11.3 Å². The number of nitrogens with one attached hydrogen (secondary N) is 1. The summed E-state index contributed by atoms with van der Waals surface area (Å²) in [5.41, 5.74) is 7.92. The molecule has 0 heterocycles. The number of para-hydroxylation sites is 1. The normalized spacial score (nSPS) is 11.7. The number of benzene rings is 2. The lowest BCUT2D eigenvalue weighted by Gasteiger charge is -2.19. The van der Waals surface area contributed by atoms with Crippen molar-refractivity contribution in [2.75, 3.05) is 12.3 Å². The number of hydrogen-bond acceptors (Lipinski definition) is 3. The first kappa shape index (κ1) is 15.9. The van der Waals surface area contributed by atoms with Crippen LogP contribution in [0.5, 0.6) is 5.75 Å². The van der Waals surface area contributed by atoms with E-state index in [1.165, 1.54) is 0 Å². The molecular formula is C18H22N2O2. The lowest BCUT2D eigenvalue weighted by molar-refractivity contribution is 0.0926. The molecule has 0 aliphatic heterocycles. The monoisotopic (exact) mass is 298 g/mol. The molecule has 1 atom stereocenters. The van der Waals surface area contributed by atoms with Crippen LogP contribution in [-0.4, -0.2) is 18.6 Å². The van der Waals surface area contributed by atoms with Crippen LogP contribution in [0.15, 0.2) is 48.5 Å². The number of nitrogens with two attached hydrogens (primary N) is 1. The highest BCUT2D eigenvalue weighted by Crippen LogP contribution is 2.18. The molecule has 0 aliphatic carbocycles. The molecular weight excluding hydrogens is 276 g/mol. The molecule has 0 aromatic heterocycles. The lowest BCUT2D eigenvalue weighted by atomic mass is 10.2. The van der Waals surface area contributed by atoms with Crippen molar-refractivity contribution < 1.29 is 9.53 Å². The van der Waals surface area contributed by atoms with Gasteiger partial charge in [0.2, 0.25) is 0 Å². The smallest absolute Gasteiger partial charge is 0.251 e. The first-order chi connectivity index (χ1) is 10.6. The van der Waals surface area contributed by atoms with Crippen molar-refractivity contribution in [3.05, 3.63) is 59.7 Å². The van der Waals surface area contributed by atoms with Gasteiger partial charge in [-0.05, 0) is 43.2 Å². The third kappa shape index (κ3) is 4.25. The van der Waals surface area contributed by atoms with E-state index in [0.717, 1.165) is 17.7 Å². The summed E-state index contributed by atoms with van der Waals surface area (Å²) in [6.07, 6.45) is 0.747. The number of carbonyl (C=O) groups excluding carboxylic acids is 1. The van der Waals surface area contributed by atoms with Crippen LogP contribution in [0.3, 0.4) is 0 Å². The highest BCUT2D eigenvalue weighted by molar-refractivity contribution is 5.94. The van der Waals surface area contributed by atoms with E-state index in [9.17, 15) is 4.79 Å². The van der Waals surface area contributed by atoms with Crippen LogP contribution in [-0.2, 0) is 0 Å². The second kappa shape index (κ2) is 7.50. The van der Waals surface area contributed by atoms with E-state index in [-0.39, 0.29) is 12.0 Å². The molecule has 2 aromatic rings. The first-order valence-corrected chi connectivity index (χ1v) is 7.46. The van der Waals surface area contributed by atoms with E-state index in [1.807, 2.05) is 38.1 Å². The zero-order valence-corrected chi connectivity index (χ0v) is 13.0. The molecule has 2 aromatic carbocycles. The SMILES string of the molecule is CCC(CNC(=O)c1cccc(N)c1)Oc1ccccc1C. The van der Waals surface area contributed by atoms with Gasteiger partial charge in [-0.2, -0.15) is 0 Å². The molecule has 0 fully saturated rings. The molecule has 3 N–H and O–H groups in total. The Morgan fingerprint density at radius 2 is 2.00 bits per heavy atom.